The Balaban J connectivity index is 1.67. The van der Waals surface area contributed by atoms with Crippen molar-refractivity contribution in [1.29, 1.82) is 0 Å². The Kier molecular flexibility index (Phi) is 5.05. The first kappa shape index (κ1) is 17.0. The molecule has 3 aromatic rings. The van der Waals surface area contributed by atoms with Crippen molar-refractivity contribution >= 4 is 34.4 Å². The zero-order valence-electron chi connectivity index (χ0n) is 13.4. The van der Waals surface area contributed by atoms with Crippen LogP contribution in [0, 0.1) is 0 Å². The lowest BCUT2D eigenvalue weighted by atomic mass is 10.1. The number of fused-ring (bicyclic) bond motifs is 1. The molecule has 5 nitrogen and oxygen atoms in total. The van der Waals surface area contributed by atoms with E-state index in [4.69, 9.17) is 11.6 Å². The van der Waals surface area contributed by atoms with Crippen LogP contribution in [0.5, 0.6) is 0 Å². The topological polar surface area (TPSA) is 71.3 Å². The SMILES string of the molecule is O=C(CCn1ccc2c(Cl)cccc21)N[C@H](C(=O)O)c1ccccc1. The molecule has 2 N–H and O–H groups in total. The van der Waals surface area contributed by atoms with Crippen molar-refractivity contribution in [3.63, 3.8) is 0 Å². The number of carboxylic acid groups (broad SMARTS) is 1. The van der Waals surface area contributed by atoms with Gasteiger partial charge in [-0.3, -0.25) is 4.79 Å². The van der Waals surface area contributed by atoms with Gasteiger partial charge in [-0.25, -0.2) is 4.79 Å². The summed E-state index contributed by atoms with van der Waals surface area (Å²) in [6, 6.07) is 15.1. The number of nitrogens with one attached hydrogen (secondary N) is 1. The molecule has 128 valence electrons. The van der Waals surface area contributed by atoms with Crippen LogP contribution >= 0.6 is 11.6 Å². The molecular formula is C19H17ClN2O3. The third kappa shape index (κ3) is 3.83. The Hall–Kier alpha value is -2.79. The van der Waals surface area contributed by atoms with E-state index in [1.807, 2.05) is 35.0 Å². The van der Waals surface area contributed by atoms with Gasteiger partial charge in [-0.1, -0.05) is 48.0 Å². The van der Waals surface area contributed by atoms with Crippen LogP contribution in [0.3, 0.4) is 0 Å². The van der Waals surface area contributed by atoms with Crippen LogP contribution in [0.4, 0.5) is 0 Å². The van der Waals surface area contributed by atoms with Crippen LogP contribution in [-0.4, -0.2) is 21.6 Å². The molecule has 0 spiro atoms. The number of rotatable bonds is 6. The molecule has 0 aliphatic carbocycles. The van der Waals surface area contributed by atoms with Crippen molar-refractivity contribution < 1.29 is 14.7 Å². The van der Waals surface area contributed by atoms with Crippen LogP contribution in [0.25, 0.3) is 10.9 Å². The van der Waals surface area contributed by atoms with E-state index in [9.17, 15) is 14.7 Å². The molecule has 1 amide bonds. The molecule has 25 heavy (non-hydrogen) atoms. The lowest BCUT2D eigenvalue weighted by molar-refractivity contribution is -0.142. The highest BCUT2D eigenvalue weighted by molar-refractivity contribution is 6.35. The number of halogens is 1. The highest BCUT2D eigenvalue weighted by Crippen LogP contribution is 2.24. The summed E-state index contributed by atoms with van der Waals surface area (Å²) in [5.74, 6) is -1.40. The summed E-state index contributed by atoms with van der Waals surface area (Å²) in [5.41, 5.74) is 1.49. The highest BCUT2D eigenvalue weighted by atomic mass is 35.5. The maximum atomic E-state index is 12.2. The number of amides is 1. The van der Waals surface area contributed by atoms with E-state index < -0.39 is 12.0 Å². The number of carbonyl (C=O) groups excluding carboxylic acids is 1. The molecule has 0 aliphatic rings. The molecule has 1 heterocycles. The molecule has 0 fully saturated rings. The lowest BCUT2D eigenvalue weighted by Crippen LogP contribution is -2.34. The quantitative estimate of drug-likeness (QED) is 0.708. The first-order valence-electron chi connectivity index (χ1n) is 7.87. The van der Waals surface area contributed by atoms with Gasteiger partial charge in [0, 0.05) is 35.1 Å². The van der Waals surface area contributed by atoms with Gasteiger partial charge < -0.3 is 15.0 Å². The second kappa shape index (κ2) is 7.40. The monoisotopic (exact) mass is 356 g/mol. The van der Waals surface area contributed by atoms with Gasteiger partial charge in [0.05, 0.1) is 0 Å². The summed E-state index contributed by atoms with van der Waals surface area (Å²) in [6.45, 7) is 0.441. The Morgan fingerprint density at radius 2 is 1.84 bits per heavy atom. The van der Waals surface area contributed by atoms with Crippen molar-refractivity contribution in [2.45, 2.75) is 19.0 Å². The number of hydrogen-bond donors (Lipinski definition) is 2. The number of carbonyl (C=O) groups is 2. The van der Waals surface area contributed by atoms with Crippen molar-refractivity contribution in [1.82, 2.24) is 9.88 Å². The fourth-order valence-corrected chi connectivity index (χ4v) is 3.00. The molecule has 6 heteroatoms. The van der Waals surface area contributed by atoms with E-state index in [1.165, 1.54) is 0 Å². The number of carboxylic acids is 1. The van der Waals surface area contributed by atoms with Gasteiger partial charge in [0.1, 0.15) is 0 Å². The first-order chi connectivity index (χ1) is 12.1. The van der Waals surface area contributed by atoms with Crippen molar-refractivity contribution in [3.8, 4) is 0 Å². The molecule has 1 aromatic heterocycles. The zero-order chi connectivity index (χ0) is 17.8. The van der Waals surface area contributed by atoms with Crippen LogP contribution in [0.2, 0.25) is 5.02 Å². The van der Waals surface area contributed by atoms with E-state index >= 15 is 0 Å². The standard InChI is InChI=1S/C19H17ClN2O3/c20-15-7-4-8-16-14(15)9-11-22(16)12-10-17(23)21-18(19(24)25)13-5-2-1-3-6-13/h1-9,11,18H,10,12H2,(H,21,23)(H,24,25)/t18-/m0/s1. The molecular weight excluding hydrogens is 340 g/mol. The fourth-order valence-electron chi connectivity index (χ4n) is 2.77. The van der Waals surface area contributed by atoms with Crippen LogP contribution in [0.15, 0.2) is 60.8 Å². The van der Waals surface area contributed by atoms with Crippen LogP contribution in [-0.2, 0) is 16.1 Å². The van der Waals surface area contributed by atoms with Gasteiger partial charge in [-0.15, -0.1) is 0 Å². The van der Waals surface area contributed by atoms with Gasteiger partial charge >= 0.3 is 5.97 Å². The molecule has 0 aliphatic heterocycles. The summed E-state index contributed by atoms with van der Waals surface area (Å²) in [7, 11) is 0. The maximum Gasteiger partial charge on any atom is 0.330 e. The van der Waals surface area contributed by atoms with Gasteiger partial charge in [0.25, 0.3) is 0 Å². The smallest absolute Gasteiger partial charge is 0.330 e. The predicted molar refractivity (Wildman–Crippen MR) is 96.5 cm³/mol. The number of hydrogen-bond acceptors (Lipinski definition) is 2. The number of aliphatic carboxylic acids is 1. The number of aryl methyl sites for hydroxylation is 1. The van der Waals surface area contributed by atoms with Gasteiger partial charge in [0.15, 0.2) is 6.04 Å². The second-order valence-electron chi connectivity index (χ2n) is 5.68. The van der Waals surface area contributed by atoms with E-state index in [-0.39, 0.29) is 12.3 Å². The van der Waals surface area contributed by atoms with Gasteiger partial charge in [-0.2, -0.15) is 0 Å². The largest absolute Gasteiger partial charge is 0.479 e. The summed E-state index contributed by atoms with van der Waals surface area (Å²) in [6.07, 6.45) is 2.04. The Bertz CT molecular complexity index is 905. The van der Waals surface area contributed by atoms with E-state index in [0.29, 0.717) is 17.1 Å². The normalized spacial score (nSPS) is 12.0. The average Bonchev–Trinajstić information content (AvgIpc) is 3.03. The lowest BCUT2D eigenvalue weighted by Gasteiger charge is -2.15. The molecule has 0 unspecified atom stereocenters. The zero-order valence-corrected chi connectivity index (χ0v) is 14.1. The highest BCUT2D eigenvalue weighted by Gasteiger charge is 2.21. The second-order valence-corrected chi connectivity index (χ2v) is 6.09. The van der Waals surface area contributed by atoms with E-state index in [1.54, 1.807) is 30.3 Å². The molecule has 2 aromatic carbocycles. The summed E-state index contributed by atoms with van der Waals surface area (Å²) in [4.78, 5) is 23.7. The van der Waals surface area contributed by atoms with Crippen molar-refractivity contribution in [3.05, 3.63) is 71.4 Å². The van der Waals surface area contributed by atoms with E-state index in [0.717, 1.165) is 10.9 Å². The van der Waals surface area contributed by atoms with Gasteiger partial charge in [-0.05, 0) is 23.8 Å². The molecule has 0 radical (unpaired) electrons. The molecule has 1 atom stereocenters. The molecule has 0 saturated carbocycles. The van der Waals surface area contributed by atoms with E-state index in [2.05, 4.69) is 5.32 Å². The minimum Gasteiger partial charge on any atom is -0.479 e. The third-order valence-electron chi connectivity index (χ3n) is 4.03. The summed E-state index contributed by atoms with van der Waals surface area (Å²) in [5, 5.41) is 13.5. The first-order valence-corrected chi connectivity index (χ1v) is 8.24. The van der Waals surface area contributed by atoms with Crippen molar-refractivity contribution in [2.24, 2.45) is 0 Å². The fraction of sp³-hybridized carbons (Fsp3) is 0.158. The minimum atomic E-state index is -1.09. The molecule has 3 rings (SSSR count). The summed E-state index contributed by atoms with van der Waals surface area (Å²) < 4.78 is 1.93. The average molecular weight is 357 g/mol. The molecule has 0 saturated heterocycles. The number of aromatic nitrogens is 1. The number of benzene rings is 2. The summed E-state index contributed by atoms with van der Waals surface area (Å²) >= 11 is 6.15. The third-order valence-corrected chi connectivity index (χ3v) is 4.36. The minimum absolute atomic E-state index is 0.174. The Morgan fingerprint density at radius 1 is 1.08 bits per heavy atom. The number of nitrogens with zero attached hydrogens (tertiary/aromatic N) is 1. The Morgan fingerprint density at radius 3 is 2.56 bits per heavy atom. The Labute approximate surface area is 149 Å². The van der Waals surface area contributed by atoms with Crippen LogP contribution in [0.1, 0.15) is 18.0 Å². The maximum absolute atomic E-state index is 12.2. The predicted octanol–water partition coefficient (Wildman–Crippen LogP) is 3.63. The van der Waals surface area contributed by atoms with Gasteiger partial charge in [0.2, 0.25) is 5.91 Å². The molecule has 0 bridgehead atoms. The van der Waals surface area contributed by atoms with Crippen LogP contribution < -0.4 is 5.32 Å². The van der Waals surface area contributed by atoms with Crippen molar-refractivity contribution in [2.75, 3.05) is 0 Å².